The van der Waals surface area contributed by atoms with Crippen molar-refractivity contribution in [2.75, 3.05) is 37.0 Å². The Morgan fingerprint density at radius 2 is 1.70 bits per heavy atom. The molecule has 3 rings (SSSR count). The van der Waals surface area contributed by atoms with Crippen LogP contribution in [0, 0.1) is 0 Å². The van der Waals surface area contributed by atoms with E-state index < -0.39 is 16.1 Å². The Morgan fingerprint density at radius 3 is 2.24 bits per heavy atom. The van der Waals surface area contributed by atoms with Gasteiger partial charge in [0.2, 0.25) is 21.8 Å². The number of fused-ring (bicyclic) bond motifs is 1. The van der Waals surface area contributed by atoms with Gasteiger partial charge in [0, 0.05) is 58.4 Å². The number of amides is 2. The van der Waals surface area contributed by atoms with Crippen molar-refractivity contribution in [3.8, 4) is 0 Å². The van der Waals surface area contributed by atoms with Gasteiger partial charge in [0.05, 0.1) is 4.90 Å². The molecule has 0 fully saturated rings. The molecule has 2 amide bonds. The Labute approximate surface area is 196 Å². The van der Waals surface area contributed by atoms with Gasteiger partial charge < -0.3 is 10.2 Å². The lowest BCUT2D eigenvalue weighted by molar-refractivity contribution is -0.125. The molecular formula is C24H32N4O4S. The zero-order chi connectivity index (χ0) is 24.3. The monoisotopic (exact) mass is 472 g/mol. The molecular weight excluding hydrogens is 440 g/mol. The molecule has 8 nitrogen and oxygen atoms in total. The van der Waals surface area contributed by atoms with Crippen molar-refractivity contribution in [3.63, 3.8) is 0 Å². The Kier molecular flexibility index (Phi) is 7.44. The predicted octanol–water partition coefficient (Wildman–Crippen LogP) is 2.38. The van der Waals surface area contributed by atoms with Gasteiger partial charge in [-0.25, -0.2) is 8.42 Å². The number of carbonyl (C=O) groups is 2. The van der Waals surface area contributed by atoms with Crippen LogP contribution < -0.4 is 15.1 Å². The molecule has 9 heteroatoms. The zero-order valence-corrected chi connectivity index (χ0v) is 20.6. The number of sulfonamides is 1. The van der Waals surface area contributed by atoms with E-state index >= 15 is 0 Å². The fourth-order valence-corrected chi connectivity index (χ4v) is 5.63. The third-order valence-electron chi connectivity index (χ3n) is 5.94. The third kappa shape index (κ3) is 5.04. The maximum absolute atomic E-state index is 13.0. The van der Waals surface area contributed by atoms with E-state index in [0.717, 1.165) is 11.3 Å². The van der Waals surface area contributed by atoms with Crippen molar-refractivity contribution >= 4 is 33.2 Å². The second-order valence-electron chi connectivity index (χ2n) is 8.27. The quantitative estimate of drug-likeness (QED) is 0.637. The molecule has 0 saturated heterocycles. The molecule has 1 aliphatic rings. The lowest BCUT2D eigenvalue weighted by atomic mass is 10.1. The summed E-state index contributed by atoms with van der Waals surface area (Å²) in [5.74, 6) is -0.533. The fraction of sp³-hybridized carbons (Fsp3) is 0.417. The highest BCUT2D eigenvalue weighted by molar-refractivity contribution is 7.89. The van der Waals surface area contributed by atoms with Gasteiger partial charge in [0.15, 0.2) is 0 Å². The minimum absolute atomic E-state index is 0.176. The number of nitrogens with zero attached hydrogens (tertiary/aromatic N) is 3. The number of anilines is 2. The SMILES string of the molecule is CCN(CC)S(=O)(=O)c1ccc2c(c1)C[C@@H](C(=O)NCc1ccc(N(C)C)cc1)N2C(C)=O. The van der Waals surface area contributed by atoms with Crippen molar-refractivity contribution in [3.05, 3.63) is 53.6 Å². The Balaban J connectivity index is 1.79. The van der Waals surface area contributed by atoms with Crippen molar-refractivity contribution in [2.24, 2.45) is 0 Å². The molecule has 0 radical (unpaired) electrons. The standard InChI is InChI=1S/C24H32N4O4S/c1-6-27(7-2)33(31,32)21-12-13-22-19(14-21)15-23(28(22)17(3)29)24(30)25-16-18-8-10-20(11-9-18)26(4)5/h8-14,23H,6-7,15-16H2,1-5H3,(H,25,30)/t23-/m0/s1. The highest BCUT2D eigenvalue weighted by Crippen LogP contribution is 2.35. The maximum Gasteiger partial charge on any atom is 0.243 e. The van der Waals surface area contributed by atoms with Gasteiger partial charge in [-0.2, -0.15) is 4.31 Å². The first kappa shape index (κ1) is 24.7. The van der Waals surface area contributed by atoms with Crippen LogP contribution in [0.25, 0.3) is 0 Å². The normalized spacial score (nSPS) is 15.5. The van der Waals surface area contributed by atoms with Crippen LogP contribution in [0.1, 0.15) is 31.9 Å². The van der Waals surface area contributed by atoms with Gasteiger partial charge in [0.25, 0.3) is 0 Å². The molecule has 2 aromatic rings. The molecule has 1 aliphatic heterocycles. The van der Waals surface area contributed by atoms with Crippen LogP contribution in [0.2, 0.25) is 0 Å². The van der Waals surface area contributed by atoms with Gasteiger partial charge in [-0.15, -0.1) is 0 Å². The molecule has 0 aromatic heterocycles. The van der Waals surface area contributed by atoms with Gasteiger partial charge in [-0.3, -0.25) is 14.5 Å². The van der Waals surface area contributed by atoms with Crippen molar-refractivity contribution in [1.29, 1.82) is 0 Å². The smallest absolute Gasteiger partial charge is 0.243 e. The van der Waals surface area contributed by atoms with Crippen molar-refractivity contribution < 1.29 is 18.0 Å². The first-order valence-corrected chi connectivity index (χ1v) is 12.5. The van der Waals surface area contributed by atoms with Gasteiger partial charge >= 0.3 is 0 Å². The van der Waals surface area contributed by atoms with E-state index in [1.54, 1.807) is 26.0 Å². The second-order valence-corrected chi connectivity index (χ2v) is 10.2. The average molecular weight is 473 g/mol. The molecule has 33 heavy (non-hydrogen) atoms. The Morgan fingerprint density at radius 1 is 1.06 bits per heavy atom. The maximum atomic E-state index is 13.0. The topological polar surface area (TPSA) is 90.0 Å². The molecule has 1 atom stereocenters. The van der Waals surface area contributed by atoms with E-state index in [9.17, 15) is 18.0 Å². The van der Waals surface area contributed by atoms with Gasteiger partial charge in [-0.1, -0.05) is 26.0 Å². The molecule has 1 heterocycles. The van der Waals surface area contributed by atoms with E-state index in [1.165, 1.54) is 22.2 Å². The van der Waals surface area contributed by atoms with Crippen LogP contribution in [-0.2, 0) is 32.6 Å². The average Bonchev–Trinajstić information content (AvgIpc) is 3.17. The molecule has 0 bridgehead atoms. The van der Waals surface area contributed by atoms with E-state index in [4.69, 9.17) is 0 Å². The summed E-state index contributed by atoms with van der Waals surface area (Å²) >= 11 is 0. The van der Waals surface area contributed by atoms with Crippen molar-refractivity contribution in [1.82, 2.24) is 9.62 Å². The number of benzene rings is 2. The largest absolute Gasteiger partial charge is 0.378 e. The third-order valence-corrected chi connectivity index (χ3v) is 7.99. The molecule has 0 saturated carbocycles. The lowest BCUT2D eigenvalue weighted by Crippen LogP contribution is -2.47. The summed E-state index contributed by atoms with van der Waals surface area (Å²) in [4.78, 5) is 29.0. The number of nitrogens with one attached hydrogen (secondary N) is 1. The van der Waals surface area contributed by atoms with Crippen molar-refractivity contribution in [2.45, 2.75) is 44.7 Å². The summed E-state index contributed by atoms with van der Waals surface area (Å²) in [6.07, 6.45) is 0.266. The number of hydrogen-bond donors (Lipinski definition) is 1. The van der Waals surface area contributed by atoms with Gasteiger partial charge in [0.1, 0.15) is 6.04 Å². The van der Waals surface area contributed by atoms with Gasteiger partial charge in [-0.05, 0) is 41.5 Å². The Hall–Kier alpha value is -2.91. The molecule has 0 unspecified atom stereocenters. The summed E-state index contributed by atoms with van der Waals surface area (Å²) in [6, 6.07) is 11.9. The minimum atomic E-state index is -3.63. The lowest BCUT2D eigenvalue weighted by Gasteiger charge is -2.23. The second kappa shape index (κ2) is 9.93. The van der Waals surface area contributed by atoms with Crippen LogP contribution in [0.3, 0.4) is 0 Å². The summed E-state index contributed by atoms with van der Waals surface area (Å²) in [7, 11) is 0.295. The predicted molar refractivity (Wildman–Crippen MR) is 130 cm³/mol. The molecule has 0 aliphatic carbocycles. The minimum Gasteiger partial charge on any atom is -0.378 e. The van der Waals surface area contributed by atoms with E-state index in [2.05, 4.69) is 5.32 Å². The highest BCUT2D eigenvalue weighted by Gasteiger charge is 2.37. The molecule has 1 N–H and O–H groups in total. The summed E-state index contributed by atoms with van der Waals surface area (Å²) in [6.45, 7) is 6.08. The first-order valence-electron chi connectivity index (χ1n) is 11.1. The van der Waals surface area contributed by atoms with Crippen LogP contribution >= 0.6 is 0 Å². The number of hydrogen-bond acceptors (Lipinski definition) is 5. The molecule has 178 valence electrons. The summed E-state index contributed by atoms with van der Waals surface area (Å²) in [5, 5.41) is 2.92. The molecule has 0 spiro atoms. The van der Waals surface area contributed by atoms with E-state index in [1.807, 2.05) is 43.3 Å². The molecule has 2 aromatic carbocycles. The van der Waals surface area contributed by atoms with Crippen LogP contribution in [-0.4, -0.2) is 57.8 Å². The number of rotatable bonds is 8. The van der Waals surface area contributed by atoms with Crippen LogP contribution in [0.4, 0.5) is 11.4 Å². The fourth-order valence-electron chi connectivity index (χ4n) is 4.12. The van der Waals surface area contributed by atoms with E-state index in [0.29, 0.717) is 30.9 Å². The highest BCUT2D eigenvalue weighted by atomic mass is 32.2. The Bertz CT molecular complexity index is 1130. The summed E-state index contributed by atoms with van der Waals surface area (Å²) < 4.78 is 27.2. The zero-order valence-electron chi connectivity index (χ0n) is 19.8. The van der Waals surface area contributed by atoms with E-state index in [-0.39, 0.29) is 23.1 Å². The summed E-state index contributed by atoms with van der Waals surface area (Å²) in [5.41, 5.74) is 3.27. The van der Waals surface area contributed by atoms with Crippen LogP contribution in [0.5, 0.6) is 0 Å². The first-order chi connectivity index (χ1) is 15.6. The van der Waals surface area contributed by atoms with Crippen LogP contribution in [0.15, 0.2) is 47.4 Å². The number of carbonyl (C=O) groups excluding carboxylic acids is 2.